The molecule has 0 aliphatic heterocycles. The molecule has 1 nitrogen and oxygen atoms in total. The third kappa shape index (κ3) is 2.60. The van der Waals surface area contributed by atoms with Crippen LogP contribution in [-0.4, -0.2) is 7.05 Å². The van der Waals surface area contributed by atoms with Crippen molar-refractivity contribution in [2.75, 3.05) is 7.05 Å². The fourth-order valence-electron chi connectivity index (χ4n) is 2.01. The summed E-state index contributed by atoms with van der Waals surface area (Å²) in [4.78, 5) is 0. The van der Waals surface area contributed by atoms with E-state index in [4.69, 9.17) is 11.6 Å². The highest BCUT2D eigenvalue weighted by Crippen LogP contribution is 2.32. The van der Waals surface area contributed by atoms with Crippen LogP contribution in [0.4, 0.5) is 13.2 Å². The summed E-state index contributed by atoms with van der Waals surface area (Å²) in [5.41, 5.74) is -0.229. The molecule has 0 aliphatic carbocycles. The van der Waals surface area contributed by atoms with E-state index in [0.717, 1.165) is 12.1 Å². The van der Waals surface area contributed by atoms with Crippen molar-refractivity contribution >= 4 is 11.6 Å². The normalized spacial score (nSPS) is 12.5. The Hall–Kier alpha value is -1.52. The minimum Gasteiger partial charge on any atom is -0.309 e. The molecule has 2 aromatic rings. The first-order valence-electron chi connectivity index (χ1n) is 5.61. The molecule has 0 saturated carbocycles. The summed E-state index contributed by atoms with van der Waals surface area (Å²) in [7, 11) is 1.49. The maximum Gasteiger partial charge on any atom is 0.131 e. The molecule has 1 N–H and O–H groups in total. The minimum atomic E-state index is -0.991. The van der Waals surface area contributed by atoms with Crippen molar-refractivity contribution in [1.29, 1.82) is 0 Å². The second-order valence-electron chi connectivity index (χ2n) is 3.99. The molecule has 0 fully saturated rings. The number of halogens is 4. The van der Waals surface area contributed by atoms with Gasteiger partial charge in [-0.05, 0) is 31.3 Å². The Bertz CT molecular complexity index is 509. The molecule has 2 rings (SSSR count). The molecule has 0 aromatic heterocycles. The van der Waals surface area contributed by atoms with Crippen molar-refractivity contribution in [3.8, 4) is 0 Å². The summed E-state index contributed by atoms with van der Waals surface area (Å²) >= 11 is 5.93. The summed E-state index contributed by atoms with van der Waals surface area (Å²) < 4.78 is 41.4. The third-order valence-electron chi connectivity index (χ3n) is 2.87. The molecule has 0 bridgehead atoms. The standard InChI is InChI=1S/C14H11ClF3N/c1-19-14(12-8(15)4-2-5-9(12)16)13-10(17)6-3-7-11(13)18/h2-7,14,19H,1H3. The van der Waals surface area contributed by atoms with Gasteiger partial charge in [-0.1, -0.05) is 23.7 Å². The highest BCUT2D eigenvalue weighted by Gasteiger charge is 2.25. The van der Waals surface area contributed by atoms with Crippen molar-refractivity contribution < 1.29 is 13.2 Å². The van der Waals surface area contributed by atoms with Crippen LogP contribution in [0.5, 0.6) is 0 Å². The molecule has 5 heteroatoms. The van der Waals surface area contributed by atoms with E-state index in [-0.39, 0.29) is 16.1 Å². The maximum atomic E-state index is 13.9. The lowest BCUT2D eigenvalue weighted by Gasteiger charge is -2.20. The van der Waals surface area contributed by atoms with Gasteiger partial charge in [-0.2, -0.15) is 0 Å². The molecule has 0 amide bonds. The van der Waals surface area contributed by atoms with Crippen molar-refractivity contribution in [3.63, 3.8) is 0 Å². The van der Waals surface area contributed by atoms with Crippen molar-refractivity contribution in [3.05, 3.63) is 70.0 Å². The van der Waals surface area contributed by atoms with Crippen LogP contribution in [0.15, 0.2) is 36.4 Å². The molecular formula is C14H11ClF3N. The van der Waals surface area contributed by atoms with E-state index in [2.05, 4.69) is 5.32 Å². The predicted octanol–water partition coefficient (Wildman–Crippen LogP) is 4.07. The second kappa shape index (κ2) is 5.63. The van der Waals surface area contributed by atoms with Gasteiger partial charge < -0.3 is 5.32 Å². The van der Waals surface area contributed by atoms with Crippen LogP contribution in [0.1, 0.15) is 17.2 Å². The summed E-state index contributed by atoms with van der Waals surface area (Å²) in [6, 6.07) is 6.62. The van der Waals surface area contributed by atoms with Gasteiger partial charge in [0.05, 0.1) is 6.04 Å². The first kappa shape index (κ1) is 13.9. The summed E-state index contributed by atoms with van der Waals surface area (Å²) in [5, 5.41) is 2.81. The number of hydrogen-bond acceptors (Lipinski definition) is 1. The number of hydrogen-bond donors (Lipinski definition) is 1. The van der Waals surface area contributed by atoms with Gasteiger partial charge in [0.15, 0.2) is 0 Å². The number of nitrogens with one attached hydrogen (secondary N) is 1. The van der Waals surface area contributed by atoms with Gasteiger partial charge in [0.2, 0.25) is 0 Å². The largest absolute Gasteiger partial charge is 0.309 e. The van der Waals surface area contributed by atoms with Gasteiger partial charge in [-0.15, -0.1) is 0 Å². The molecular weight excluding hydrogens is 275 g/mol. The lowest BCUT2D eigenvalue weighted by molar-refractivity contribution is 0.508. The van der Waals surface area contributed by atoms with Crippen LogP contribution >= 0.6 is 11.6 Å². The molecule has 0 saturated heterocycles. The number of benzene rings is 2. The third-order valence-corrected chi connectivity index (χ3v) is 3.20. The molecule has 0 radical (unpaired) electrons. The predicted molar refractivity (Wildman–Crippen MR) is 68.7 cm³/mol. The van der Waals surface area contributed by atoms with E-state index >= 15 is 0 Å². The summed E-state index contributed by atoms with van der Waals surface area (Å²) in [6.45, 7) is 0. The Morgan fingerprint density at radius 1 is 0.895 bits per heavy atom. The second-order valence-corrected chi connectivity index (χ2v) is 4.40. The van der Waals surface area contributed by atoms with E-state index in [1.54, 1.807) is 0 Å². The SMILES string of the molecule is CNC(c1c(F)cccc1F)c1c(F)cccc1Cl. The van der Waals surface area contributed by atoms with E-state index < -0.39 is 23.5 Å². The Morgan fingerprint density at radius 3 is 1.84 bits per heavy atom. The fourth-order valence-corrected chi connectivity index (χ4v) is 2.28. The fraction of sp³-hybridized carbons (Fsp3) is 0.143. The van der Waals surface area contributed by atoms with Crippen LogP contribution in [-0.2, 0) is 0 Å². The van der Waals surface area contributed by atoms with E-state index in [9.17, 15) is 13.2 Å². The Labute approximate surface area is 114 Å². The monoisotopic (exact) mass is 285 g/mol. The zero-order valence-corrected chi connectivity index (χ0v) is 10.8. The topological polar surface area (TPSA) is 12.0 Å². The first-order valence-corrected chi connectivity index (χ1v) is 5.99. The lowest BCUT2D eigenvalue weighted by atomic mass is 9.97. The van der Waals surface area contributed by atoms with E-state index in [0.29, 0.717) is 0 Å². The zero-order chi connectivity index (χ0) is 14.0. The highest BCUT2D eigenvalue weighted by atomic mass is 35.5. The molecule has 0 heterocycles. The summed E-state index contributed by atoms with van der Waals surface area (Å²) in [6.07, 6.45) is 0. The molecule has 1 unspecified atom stereocenters. The first-order chi connectivity index (χ1) is 9.06. The average Bonchev–Trinajstić information content (AvgIpc) is 2.36. The average molecular weight is 286 g/mol. The summed E-state index contributed by atoms with van der Waals surface area (Å²) in [5.74, 6) is -2.12. The lowest BCUT2D eigenvalue weighted by Crippen LogP contribution is -2.22. The molecule has 2 aromatic carbocycles. The molecule has 1 atom stereocenters. The Kier molecular flexibility index (Phi) is 4.12. The molecule has 0 spiro atoms. The van der Waals surface area contributed by atoms with Crippen LogP contribution < -0.4 is 5.32 Å². The van der Waals surface area contributed by atoms with Gasteiger partial charge in [-0.25, -0.2) is 13.2 Å². The Morgan fingerprint density at radius 2 is 1.37 bits per heavy atom. The quantitative estimate of drug-likeness (QED) is 0.896. The zero-order valence-electron chi connectivity index (χ0n) is 10.1. The highest BCUT2D eigenvalue weighted by molar-refractivity contribution is 6.31. The Balaban J connectivity index is 2.64. The van der Waals surface area contributed by atoms with Gasteiger partial charge in [-0.3, -0.25) is 0 Å². The van der Waals surface area contributed by atoms with Crippen molar-refractivity contribution in [1.82, 2.24) is 5.32 Å². The van der Waals surface area contributed by atoms with Crippen molar-refractivity contribution in [2.45, 2.75) is 6.04 Å². The van der Waals surface area contributed by atoms with Crippen LogP contribution in [0, 0.1) is 17.5 Å². The van der Waals surface area contributed by atoms with Gasteiger partial charge in [0.1, 0.15) is 17.5 Å². The van der Waals surface area contributed by atoms with Gasteiger partial charge in [0, 0.05) is 16.1 Å². The minimum absolute atomic E-state index is 0.0238. The van der Waals surface area contributed by atoms with Gasteiger partial charge >= 0.3 is 0 Å². The smallest absolute Gasteiger partial charge is 0.131 e. The van der Waals surface area contributed by atoms with Crippen molar-refractivity contribution in [2.24, 2.45) is 0 Å². The molecule has 0 aliphatic rings. The van der Waals surface area contributed by atoms with Crippen LogP contribution in [0.3, 0.4) is 0 Å². The van der Waals surface area contributed by atoms with Gasteiger partial charge in [0.25, 0.3) is 0 Å². The maximum absolute atomic E-state index is 13.9. The van der Waals surface area contributed by atoms with E-state index in [1.807, 2.05) is 0 Å². The van der Waals surface area contributed by atoms with Crippen LogP contribution in [0.25, 0.3) is 0 Å². The number of rotatable bonds is 3. The van der Waals surface area contributed by atoms with Crippen LogP contribution in [0.2, 0.25) is 5.02 Å². The molecule has 100 valence electrons. The molecule has 19 heavy (non-hydrogen) atoms. The van der Waals surface area contributed by atoms with E-state index in [1.165, 1.54) is 31.3 Å².